The molecule has 2 aliphatic rings. The average molecular weight is 452 g/mol. The van der Waals surface area contributed by atoms with Crippen LogP contribution >= 0.6 is 11.8 Å². The molecule has 0 aromatic heterocycles. The highest BCUT2D eigenvalue weighted by Gasteiger charge is 2.42. The zero-order valence-electron chi connectivity index (χ0n) is 17.3. The molecule has 1 unspecified atom stereocenters. The summed E-state index contributed by atoms with van der Waals surface area (Å²) in [6.07, 6.45) is -0.107. The van der Waals surface area contributed by atoms with E-state index in [0.29, 0.717) is 28.0 Å². The number of benzene rings is 2. The lowest BCUT2D eigenvalue weighted by molar-refractivity contribution is -0.128. The van der Waals surface area contributed by atoms with E-state index < -0.39 is 11.9 Å². The van der Waals surface area contributed by atoms with Crippen molar-refractivity contribution in [2.45, 2.75) is 19.0 Å². The molecule has 0 fully saturated rings. The maximum atomic E-state index is 13.1. The van der Waals surface area contributed by atoms with E-state index >= 15 is 0 Å². The van der Waals surface area contributed by atoms with Gasteiger partial charge in [-0.1, -0.05) is 42.1 Å². The molecule has 4 rings (SSSR count). The minimum absolute atomic E-state index is 0.0257. The number of thioether (sulfide) groups is 1. The Morgan fingerprint density at radius 2 is 1.94 bits per heavy atom. The van der Waals surface area contributed by atoms with E-state index in [0.717, 1.165) is 17.3 Å². The van der Waals surface area contributed by atoms with Crippen LogP contribution in [0.2, 0.25) is 0 Å². The third-order valence-electron chi connectivity index (χ3n) is 4.94. The van der Waals surface area contributed by atoms with E-state index in [1.165, 1.54) is 4.90 Å². The smallest absolute Gasteiger partial charge is 0.259 e. The van der Waals surface area contributed by atoms with Gasteiger partial charge in [0, 0.05) is 17.7 Å². The first-order valence-corrected chi connectivity index (χ1v) is 10.9. The fourth-order valence-electron chi connectivity index (χ4n) is 3.46. The molecule has 0 radical (unpaired) electrons. The second kappa shape index (κ2) is 9.23. The van der Waals surface area contributed by atoms with Crippen molar-refractivity contribution in [3.8, 4) is 5.75 Å². The van der Waals surface area contributed by atoms with Gasteiger partial charge < -0.3 is 15.8 Å². The van der Waals surface area contributed by atoms with Crippen LogP contribution in [0.4, 0.5) is 5.69 Å². The van der Waals surface area contributed by atoms with Crippen LogP contribution < -0.4 is 15.8 Å². The molecule has 2 heterocycles. The number of nitrogens with zero attached hydrogens (tertiary/aromatic N) is 3. The summed E-state index contributed by atoms with van der Waals surface area (Å²) in [5.74, 6) is -0.120. The number of para-hydroxylation sites is 2. The molecule has 32 heavy (non-hydrogen) atoms. The zero-order valence-corrected chi connectivity index (χ0v) is 18.1. The fourth-order valence-corrected chi connectivity index (χ4v) is 4.20. The Morgan fingerprint density at radius 1 is 1.19 bits per heavy atom. The van der Waals surface area contributed by atoms with Crippen molar-refractivity contribution in [2.24, 2.45) is 15.7 Å². The minimum Gasteiger partial charge on any atom is -0.496 e. The second-order valence-corrected chi connectivity index (χ2v) is 8.04. The van der Waals surface area contributed by atoms with Crippen molar-refractivity contribution >= 4 is 46.2 Å². The summed E-state index contributed by atoms with van der Waals surface area (Å²) in [5, 5.41) is 3.14. The molecule has 2 aromatic rings. The maximum absolute atomic E-state index is 13.1. The number of rotatable bonds is 7. The van der Waals surface area contributed by atoms with Crippen LogP contribution in [0.3, 0.4) is 0 Å². The summed E-state index contributed by atoms with van der Waals surface area (Å²) >= 11 is 1.07. The van der Waals surface area contributed by atoms with E-state index in [2.05, 4.69) is 15.3 Å². The molecule has 3 N–H and O–H groups in total. The third-order valence-corrected chi connectivity index (χ3v) is 5.90. The van der Waals surface area contributed by atoms with Crippen LogP contribution in [0, 0.1) is 0 Å². The Balaban J connectivity index is 1.50. The maximum Gasteiger partial charge on any atom is 0.259 e. The van der Waals surface area contributed by atoms with Crippen LogP contribution in [0.1, 0.15) is 17.5 Å². The van der Waals surface area contributed by atoms with Gasteiger partial charge in [-0.3, -0.25) is 19.4 Å². The van der Waals surface area contributed by atoms with Gasteiger partial charge in [0.05, 0.1) is 25.0 Å². The Labute approximate surface area is 188 Å². The number of hydrogen-bond acceptors (Lipinski definition) is 7. The Bertz CT molecular complexity index is 1150. The molecular weight excluding hydrogens is 430 g/mol. The quantitative estimate of drug-likeness (QED) is 0.661. The molecule has 10 heteroatoms. The summed E-state index contributed by atoms with van der Waals surface area (Å²) in [5.41, 5.74) is 7.43. The van der Waals surface area contributed by atoms with Gasteiger partial charge in [-0.25, -0.2) is 9.89 Å². The number of methoxy groups -OCH3 is 1. The summed E-state index contributed by atoms with van der Waals surface area (Å²) in [4.78, 5) is 47.4. The monoisotopic (exact) mass is 451 g/mol. The normalized spacial score (nSPS) is 16.6. The van der Waals surface area contributed by atoms with Crippen LogP contribution in [0.25, 0.3) is 0 Å². The van der Waals surface area contributed by atoms with E-state index in [1.54, 1.807) is 13.2 Å². The highest BCUT2D eigenvalue weighted by molar-refractivity contribution is 8.14. The number of aliphatic imine (C=N–C) groups is 2. The standard InChI is InChI=1S/C22H21N5O4S/c1-31-17-9-5-2-6-13(17)11-24-19(29)10-16-21(30)27-20(25-16)14-7-3-4-8-15(14)26-22(27)32-12-18(23)28/h2-9,16H,10-12H2,1H3,(H2,23,28)(H,24,29). The molecule has 2 aromatic carbocycles. The Morgan fingerprint density at radius 3 is 2.72 bits per heavy atom. The number of amides is 3. The molecule has 3 amide bonds. The SMILES string of the molecule is COc1ccccc1CNC(=O)CC1N=C2c3ccccc3N=C(SCC(N)=O)N2C1=O. The number of carbonyl (C=O) groups is 3. The molecule has 0 aliphatic carbocycles. The van der Waals surface area contributed by atoms with E-state index in [4.69, 9.17) is 10.5 Å². The lowest BCUT2D eigenvalue weighted by Crippen LogP contribution is -2.42. The number of hydrogen-bond donors (Lipinski definition) is 2. The van der Waals surface area contributed by atoms with Gasteiger partial charge in [-0.15, -0.1) is 0 Å². The number of nitrogens with one attached hydrogen (secondary N) is 1. The third kappa shape index (κ3) is 4.35. The molecule has 0 saturated carbocycles. The number of ether oxygens (including phenoxy) is 1. The first kappa shape index (κ1) is 21.6. The summed E-state index contributed by atoms with van der Waals surface area (Å²) in [6, 6.07) is 13.8. The molecule has 0 saturated heterocycles. The average Bonchev–Trinajstić information content (AvgIpc) is 3.12. The Kier molecular flexibility index (Phi) is 6.22. The number of nitrogens with two attached hydrogens (primary N) is 1. The molecule has 9 nitrogen and oxygen atoms in total. The van der Waals surface area contributed by atoms with Crippen LogP contribution in [0.15, 0.2) is 58.5 Å². The van der Waals surface area contributed by atoms with Crippen molar-refractivity contribution in [1.82, 2.24) is 10.2 Å². The van der Waals surface area contributed by atoms with Gasteiger partial charge in [-0.05, 0) is 18.2 Å². The van der Waals surface area contributed by atoms with E-state index in [9.17, 15) is 14.4 Å². The molecule has 2 aliphatic heterocycles. The predicted molar refractivity (Wildman–Crippen MR) is 122 cm³/mol. The summed E-state index contributed by atoms with van der Waals surface area (Å²) in [7, 11) is 1.57. The van der Waals surface area contributed by atoms with Gasteiger partial charge in [0.2, 0.25) is 11.8 Å². The highest BCUT2D eigenvalue weighted by atomic mass is 32.2. The van der Waals surface area contributed by atoms with Gasteiger partial charge in [0.1, 0.15) is 17.6 Å². The fraction of sp³-hybridized carbons (Fsp3) is 0.227. The zero-order chi connectivity index (χ0) is 22.7. The van der Waals surface area contributed by atoms with Crippen molar-refractivity contribution in [3.63, 3.8) is 0 Å². The largest absolute Gasteiger partial charge is 0.496 e. The van der Waals surface area contributed by atoms with Gasteiger partial charge in [0.25, 0.3) is 5.91 Å². The van der Waals surface area contributed by atoms with Crippen molar-refractivity contribution < 1.29 is 19.1 Å². The minimum atomic E-state index is -0.881. The van der Waals surface area contributed by atoms with Crippen LogP contribution in [0.5, 0.6) is 5.75 Å². The van der Waals surface area contributed by atoms with E-state index in [-0.39, 0.29) is 30.5 Å². The lowest BCUT2D eigenvalue weighted by atomic mass is 10.1. The molecular formula is C22H21N5O4S. The molecule has 0 spiro atoms. The van der Waals surface area contributed by atoms with Gasteiger partial charge in [0.15, 0.2) is 5.17 Å². The van der Waals surface area contributed by atoms with Gasteiger partial charge in [-0.2, -0.15) is 0 Å². The topological polar surface area (TPSA) is 126 Å². The second-order valence-electron chi connectivity index (χ2n) is 7.10. The first-order chi connectivity index (χ1) is 15.5. The van der Waals surface area contributed by atoms with Crippen molar-refractivity contribution in [2.75, 3.05) is 12.9 Å². The molecule has 164 valence electrons. The molecule has 1 atom stereocenters. The number of carbonyl (C=O) groups excluding carboxylic acids is 3. The highest BCUT2D eigenvalue weighted by Crippen LogP contribution is 2.34. The number of primary amides is 1. The predicted octanol–water partition coefficient (Wildman–Crippen LogP) is 1.58. The van der Waals surface area contributed by atoms with Crippen molar-refractivity contribution in [1.29, 1.82) is 0 Å². The number of fused-ring (bicyclic) bond motifs is 3. The lowest BCUT2D eigenvalue weighted by Gasteiger charge is -2.25. The Hall–Kier alpha value is -3.66. The van der Waals surface area contributed by atoms with Crippen LogP contribution in [-0.4, -0.2) is 52.5 Å². The molecule has 0 bridgehead atoms. The first-order valence-electron chi connectivity index (χ1n) is 9.87. The van der Waals surface area contributed by atoms with Crippen molar-refractivity contribution in [3.05, 3.63) is 59.7 Å². The summed E-state index contributed by atoms with van der Waals surface area (Å²) < 4.78 is 5.29. The van der Waals surface area contributed by atoms with Crippen LogP contribution in [-0.2, 0) is 20.9 Å². The van der Waals surface area contributed by atoms with E-state index in [1.807, 2.05) is 42.5 Å². The summed E-state index contributed by atoms with van der Waals surface area (Å²) in [6.45, 7) is 0.272. The van der Waals surface area contributed by atoms with Gasteiger partial charge >= 0.3 is 0 Å². The number of amidine groups is 2.